The van der Waals surface area contributed by atoms with Crippen LogP contribution in [0.15, 0.2) is 66.7 Å². The molecule has 0 saturated heterocycles. The Morgan fingerprint density at radius 1 is 0.963 bits per heavy atom. The Balaban J connectivity index is 1.69. The van der Waals surface area contributed by atoms with Gasteiger partial charge < -0.3 is 0 Å². The van der Waals surface area contributed by atoms with Gasteiger partial charge in [-0.1, -0.05) is 30.4 Å². The molecule has 4 aromatic rings. The third kappa shape index (κ3) is 3.46. The number of nitro benzene ring substituents is 1. The summed E-state index contributed by atoms with van der Waals surface area (Å²) in [7, 11) is 0. The van der Waals surface area contributed by atoms with Gasteiger partial charge in [0.1, 0.15) is 5.82 Å². The first-order valence-corrected chi connectivity index (χ1v) is 8.27. The third-order valence-corrected chi connectivity index (χ3v) is 4.25. The first-order valence-electron chi connectivity index (χ1n) is 8.27. The maximum absolute atomic E-state index is 13.2. The van der Waals surface area contributed by atoms with Gasteiger partial charge in [0.05, 0.1) is 16.1 Å². The predicted molar refractivity (Wildman–Crippen MR) is 104 cm³/mol. The van der Waals surface area contributed by atoms with Crippen LogP contribution in [0, 0.1) is 15.9 Å². The minimum absolute atomic E-state index is 0.0565. The fourth-order valence-corrected chi connectivity index (χ4v) is 2.90. The summed E-state index contributed by atoms with van der Waals surface area (Å²) >= 11 is 0. The van der Waals surface area contributed by atoms with Crippen molar-refractivity contribution in [3.8, 4) is 11.3 Å². The number of aromatic amines is 1. The van der Waals surface area contributed by atoms with E-state index in [2.05, 4.69) is 10.2 Å². The highest BCUT2D eigenvalue weighted by molar-refractivity contribution is 5.94. The summed E-state index contributed by atoms with van der Waals surface area (Å²) in [5, 5.41) is 19.1. The van der Waals surface area contributed by atoms with Gasteiger partial charge in [0.25, 0.3) is 5.69 Å². The molecule has 0 saturated carbocycles. The van der Waals surface area contributed by atoms with Gasteiger partial charge in [-0.25, -0.2) is 4.39 Å². The standard InChI is InChI=1S/C21H14FN3O2/c22-17-9-7-16(8-10-17)21-19-13-15(6-11-20(19)23-24-21)5-4-14-2-1-3-18(12-14)25(26)27/h1-13H,(H,23,24)/b5-4+. The molecule has 0 radical (unpaired) electrons. The lowest BCUT2D eigenvalue weighted by Gasteiger charge is -2.00. The lowest BCUT2D eigenvalue weighted by Crippen LogP contribution is -1.87. The molecule has 0 aliphatic rings. The smallest absolute Gasteiger partial charge is 0.270 e. The fraction of sp³-hybridized carbons (Fsp3) is 0. The average Bonchev–Trinajstić information content (AvgIpc) is 3.10. The number of fused-ring (bicyclic) bond motifs is 1. The molecule has 0 fully saturated rings. The van der Waals surface area contributed by atoms with Crippen LogP contribution in [0.25, 0.3) is 34.3 Å². The van der Waals surface area contributed by atoms with Gasteiger partial charge in [0, 0.05) is 23.1 Å². The molecule has 1 N–H and O–H groups in total. The first-order chi connectivity index (χ1) is 13.1. The Kier molecular flexibility index (Phi) is 4.22. The summed E-state index contributed by atoms with van der Waals surface area (Å²) in [6.45, 7) is 0. The largest absolute Gasteiger partial charge is 0.277 e. The lowest BCUT2D eigenvalue weighted by molar-refractivity contribution is -0.384. The van der Waals surface area contributed by atoms with E-state index in [0.29, 0.717) is 0 Å². The van der Waals surface area contributed by atoms with Crippen molar-refractivity contribution in [3.05, 3.63) is 93.8 Å². The zero-order valence-corrected chi connectivity index (χ0v) is 14.1. The first kappa shape index (κ1) is 16.7. The van der Waals surface area contributed by atoms with Crippen LogP contribution in [-0.2, 0) is 0 Å². The highest BCUT2D eigenvalue weighted by Crippen LogP contribution is 2.28. The van der Waals surface area contributed by atoms with E-state index in [1.54, 1.807) is 18.2 Å². The van der Waals surface area contributed by atoms with E-state index in [9.17, 15) is 14.5 Å². The molecule has 132 valence electrons. The Labute approximate surface area is 153 Å². The van der Waals surface area contributed by atoms with Gasteiger partial charge in [-0.3, -0.25) is 15.2 Å². The van der Waals surface area contributed by atoms with Crippen LogP contribution in [0.3, 0.4) is 0 Å². The molecule has 27 heavy (non-hydrogen) atoms. The van der Waals surface area contributed by atoms with E-state index in [1.807, 2.05) is 36.4 Å². The third-order valence-electron chi connectivity index (χ3n) is 4.25. The van der Waals surface area contributed by atoms with E-state index < -0.39 is 4.92 Å². The molecule has 0 amide bonds. The molecule has 0 bridgehead atoms. The van der Waals surface area contributed by atoms with Crippen molar-refractivity contribution in [1.29, 1.82) is 0 Å². The van der Waals surface area contributed by atoms with Gasteiger partial charge in [-0.05, 0) is 47.5 Å². The number of hydrogen-bond donors (Lipinski definition) is 1. The summed E-state index contributed by atoms with van der Waals surface area (Å²) in [5.74, 6) is -0.292. The van der Waals surface area contributed by atoms with Crippen molar-refractivity contribution in [1.82, 2.24) is 10.2 Å². The second-order valence-electron chi connectivity index (χ2n) is 6.07. The fourth-order valence-electron chi connectivity index (χ4n) is 2.90. The molecule has 3 aromatic carbocycles. The van der Waals surface area contributed by atoms with E-state index in [-0.39, 0.29) is 11.5 Å². The van der Waals surface area contributed by atoms with Crippen molar-refractivity contribution < 1.29 is 9.31 Å². The lowest BCUT2D eigenvalue weighted by atomic mass is 10.0. The molecule has 0 spiro atoms. The zero-order valence-electron chi connectivity index (χ0n) is 14.1. The van der Waals surface area contributed by atoms with Crippen molar-refractivity contribution in [2.45, 2.75) is 0 Å². The van der Waals surface area contributed by atoms with Crippen LogP contribution >= 0.6 is 0 Å². The second kappa shape index (κ2) is 6.84. The van der Waals surface area contributed by atoms with Crippen LogP contribution in [0.2, 0.25) is 0 Å². The van der Waals surface area contributed by atoms with Crippen molar-refractivity contribution >= 4 is 28.7 Å². The van der Waals surface area contributed by atoms with Crippen LogP contribution in [-0.4, -0.2) is 15.1 Å². The number of nitrogens with one attached hydrogen (secondary N) is 1. The van der Waals surface area contributed by atoms with E-state index in [1.165, 1.54) is 24.3 Å². The molecule has 0 aliphatic carbocycles. The van der Waals surface area contributed by atoms with Crippen LogP contribution in [0.4, 0.5) is 10.1 Å². The van der Waals surface area contributed by atoms with E-state index in [4.69, 9.17) is 0 Å². The van der Waals surface area contributed by atoms with Crippen LogP contribution in [0.5, 0.6) is 0 Å². The summed E-state index contributed by atoms with van der Waals surface area (Å²) in [4.78, 5) is 10.5. The molecule has 0 atom stereocenters. The Bertz CT molecular complexity index is 1160. The van der Waals surface area contributed by atoms with Gasteiger partial charge >= 0.3 is 0 Å². The summed E-state index contributed by atoms with van der Waals surface area (Å²) in [5.41, 5.74) is 4.18. The Morgan fingerprint density at radius 3 is 2.44 bits per heavy atom. The molecule has 5 nitrogen and oxygen atoms in total. The molecule has 6 heteroatoms. The van der Waals surface area contributed by atoms with Crippen molar-refractivity contribution in [2.24, 2.45) is 0 Å². The van der Waals surface area contributed by atoms with Crippen LogP contribution in [0.1, 0.15) is 11.1 Å². The van der Waals surface area contributed by atoms with Crippen molar-refractivity contribution in [3.63, 3.8) is 0 Å². The molecular weight excluding hydrogens is 345 g/mol. The molecule has 0 unspecified atom stereocenters. The maximum atomic E-state index is 13.2. The monoisotopic (exact) mass is 359 g/mol. The summed E-state index contributed by atoms with van der Waals surface area (Å²) < 4.78 is 13.2. The number of halogens is 1. The number of H-pyrrole nitrogens is 1. The quantitative estimate of drug-likeness (QED) is 0.299. The number of non-ortho nitro benzene ring substituents is 1. The maximum Gasteiger partial charge on any atom is 0.270 e. The Morgan fingerprint density at radius 2 is 1.70 bits per heavy atom. The number of nitro groups is 1. The average molecular weight is 359 g/mol. The number of nitrogens with zero attached hydrogens (tertiary/aromatic N) is 2. The summed E-state index contributed by atoms with van der Waals surface area (Å²) in [6, 6.07) is 18.5. The minimum Gasteiger partial charge on any atom is -0.277 e. The molecule has 4 rings (SSSR count). The van der Waals surface area contributed by atoms with Gasteiger partial charge in [0.15, 0.2) is 0 Å². The summed E-state index contributed by atoms with van der Waals surface area (Å²) in [6.07, 6.45) is 3.71. The number of hydrogen-bond acceptors (Lipinski definition) is 3. The number of rotatable bonds is 4. The second-order valence-corrected chi connectivity index (χ2v) is 6.07. The molecule has 1 heterocycles. The number of aromatic nitrogens is 2. The minimum atomic E-state index is -0.413. The topological polar surface area (TPSA) is 71.8 Å². The van der Waals surface area contributed by atoms with Gasteiger partial charge in [-0.2, -0.15) is 5.10 Å². The highest BCUT2D eigenvalue weighted by Gasteiger charge is 2.09. The SMILES string of the molecule is O=[N+]([O-])c1cccc(/C=C/c2ccc3[nH]nc(-c4ccc(F)cc4)c3c2)c1. The normalized spacial score (nSPS) is 11.3. The van der Waals surface area contributed by atoms with Crippen molar-refractivity contribution in [2.75, 3.05) is 0 Å². The van der Waals surface area contributed by atoms with E-state index in [0.717, 1.165) is 33.3 Å². The zero-order chi connectivity index (χ0) is 18.8. The molecular formula is C21H14FN3O2. The molecule has 1 aromatic heterocycles. The van der Waals surface area contributed by atoms with Gasteiger partial charge in [0.2, 0.25) is 0 Å². The predicted octanol–water partition coefficient (Wildman–Crippen LogP) is 5.45. The Hall–Kier alpha value is -3.80. The highest BCUT2D eigenvalue weighted by atomic mass is 19.1. The number of benzene rings is 3. The van der Waals surface area contributed by atoms with Gasteiger partial charge in [-0.15, -0.1) is 0 Å². The molecule has 0 aliphatic heterocycles. The van der Waals surface area contributed by atoms with E-state index >= 15 is 0 Å². The van der Waals surface area contributed by atoms with Crippen LogP contribution < -0.4 is 0 Å².